The van der Waals surface area contributed by atoms with Crippen molar-refractivity contribution in [3.63, 3.8) is 0 Å². The maximum absolute atomic E-state index is 10.6. The van der Waals surface area contributed by atoms with Crippen molar-refractivity contribution in [2.75, 3.05) is 32.8 Å². The van der Waals surface area contributed by atoms with Crippen LogP contribution in [0.2, 0.25) is 0 Å². The number of hydrogen-bond donors (Lipinski definition) is 1. The van der Waals surface area contributed by atoms with E-state index in [4.69, 9.17) is 9.47 Å². The first-order valence-electron chi connectivity index (χ1n) is 7.51. The molecule has 1 aromatic carbocycles. The molecule has 2 aliphatic rings. The molecule has 1 N–H and O–H groups in total. The molecule has 0 radical (unpaired) electrons. The van der Waals surface area contributed by atoms with E-state index in [-0.39, 0.29) is 5.69 Å². The summed E-state index contributed by atoms with van der Waals surface area (Å²) in [6, 6.07) is 6.06. The van der Waals surface area contributed by atoms with E-state index in [2.05, 4.69) is 4.90 Å². The Morgan fingerprint density at radius 1 is 1.23 bits per heavy atom. The zero-order valence-corrected chi connectivity index (χ0v) is 12.3. The van der Waals surface area contributed by atoms with Crippen LogP contribution in [-0.4, -0.2) is 53.6 Å². The molecular weight excluding hydrogens is 288 g/mol. The van der Waals surface area contributed by atoms with Gasteiger partial charge in [0.15, 0.2) is 5.79 Å². The van der Waals surface area contributed by atoms with Gasteiger partial charge in [0, 0.05) is 44.6 Å². The van der Waals surface area contributed by atoms with Crippen LogP contribution < -0.4 is 0 Å². The molecule has 1 atom stereocenters. The zero-order chi connectivity index (χ0) is 15.6. The first-order chi connectivity index (χ1) is 10.6. The van der Waals surface area contributed by atoms with E-state index in [9.17, 15) is 15.2 Å². The van der Waals surface area contributed by atoms with E-state index >= 15 is 0 Å². The number of nitro benzene ring substituents is 1. The largest absolute Gasteiger partial charge is 0.387 e. The minimum atomic E-state index is -0.653. The number of aliphatic hydroxyl groups is 1. The number of piperidine rings is 1. The Kier molecular flexibility index (Phi) is 4.39. The fourth-order valence-electron chi connectivity index (χ4n) is 3.03. The minimum Gasteiger partial charge on any atom is -0.387 e. The summed E-state index contributed by atoms with van der Waals surface area (Å²) in [5, 5.41) is 20.9. The average Bonchev–Trinajstić information content (AvgIpc) is 2.98. The first-order valence-corrected chi connectivity index (χ1v) is 7.51. The van der Waals surface area contributed by atoms with Gasteiger partial charge >= 0.3 is 0 Å². The molecule has 22 heavy (non-hydrogen) atoms. The molecule has 0 amide bonds. The van der Waals surface area contributed by atoms with Gasteiger partial charge < -0.3 is 19.5 Å². The topological polar surface area (TPSA) is 85.1 Å². The second-order valence-electron chi connectivity index (χ2n) is 5.77. The molecule has 3 rings (SSSR count). The van der Waals surface area contributed by atoms with E-state index in [1.165, 1.54) is 12.1 Å². The molecule has 0 aromatic heterocycles. The number of non-ortho nitro benzene ring substituents is 1. The van der Waals surface area contributed by atoms with Gasteiger partial charge in [0.05, 0.1) is 24.2 Å². The number of aliphatic hydroxyl groups excluding tert-OH is 1. The van der Waals surface area contributed by atoms with E-state index in [0.717, 1.165) is 25.9 Å². The summed E-state index contributed by atoms with van der Waals surface area (Å²) >= 11 is 0. The molecule has 0 saturated carbocycles. The van der Waals surface area contributed by atoms with E-state index in [1.807, 2.05) is 0 Å². The van der Waals surface area contributed by atoms with Crippen LogP contribution in [0, 0.1) is 10.1 Å². The number of nitrogens with zero attached hydrogens (tertiary/aromatic N) is 2. The van der Waals surface area contributed by atoms with Crippen molar-refractivity contribution in [2.45, 2.75) is 24.7 Å². The number of hydrogen-bond acceptors (Lipinski definition) is 6. The maximum Gasteiger partial charge on any atom is 0.269 e. The van der Waals surface area contributed by atoms with Gasteiger partial charge in [0.1, 0.15) is 0 Å². The van der Waals surface area contributed by atoms with Gasteiger partial charge in [-0.2, -0.15) is 0 Å². The molecule has 0 bridgehead atoms. The van der Waals surface area contributed by atoms with Crippen molar-refractivity contribution < 1.29 is 19.5 Å². The van der Waals surface area contributed by atoms with Crippen LogP contribution >= 0.6 is 0 Å². The number of rotatable bonds is 4. The highest BCUT2D eigenvalue weighted by atomic mass is 16.7. The Hall–Kier alpha value is -1.54. The zero-order valence-electron chi connectivity index (χ0n) is 12.3. The molecular formula is C15H20N2O5. The van der Waals surface area contributed by atoms with Crippen molar-refractivity contribution in [3.05, 3.63) is 39.9 Å². The van der Waals surface area contributed by atoms with Crippen molar-refractivity contribution in [1.82, 2.24) is 4.90 Å². The van der Waals surface area contributed by atoms with Crippen LogP contribution in [0.1, 0.15) is 24.5 Å². The molecule has 1 aromatic rings. The summed E-state index contributed by atoms with van der Waals surface area (Å²) in [5.74, 6) is -0.408. The summed E-state index contributed by atoms with van der Waals surface area (Å²) in [6.07, 6.45) is 0.959. The predicted molar refractivity (Wildman–Crippen MR) is 78.4 cm³/mol. The molecule has 0 aliphatic carbocycles. The average molecular weight is 308 g/mol. The summed E-state index contributed by atoms with van der Waals surface area (Å²) in [7, 11) is 0. The smallest absolute Gasteiger partial charge is 0.269 e. The number of benzene rings is 1. The van der Waals surface area contributed by atoms with Crippen molar-refractivity contribution in [3.8, 4) is 0 Å². The molecule has 1 spiro atoms. The van der Waals surface area contributed by atoms with Gasteiger partial charge in [-0.1, -0.05) is 0 Å². The lowest BCUT2D eigenvalue weighted by atomic mass is 10.0. The summed E-state index contributed by atoms with van der Waals surface area (Å²) < 4.78 is 11.4. The summed E-state index contributed by atoms with van der Waals surface area (Å²) in [4.78, 5) is 12.4. The van der Waals surface area contributed by atoms with Crippen molar-refractivity contribution in [1.29, 1.82) is 0 Å². The van der Waals surface area contributed by atoms with Crippen LogP contribution in [-0.2, 0) is 9.47 Å². The lowest BCUT2D eigenvalue weighted by Crippen LogP contribution is -2.46. The Morgan fingerprint density at radius 2 is 1.82 bits per heavy atom. The normalized spacial score (nSPS) is 22.8. The molecule has 7 nitrogen and oxygen atoms in total. The van der Waals surface area contributed by atoms with Crippen molar-refractivity contribution in [2.24, 2.45) is 0 Å². The lowest BCUT2D eigenvalue weighted by Gasteiger charge is -2.38. The molecule has 2 heterocycles. The Labute approximate surface area is 128 Å². The van der Waals surface area contributed by atoms with E-state index in [1.54, 1.807) is 12.1 Å². The molecule has 1 unspecified atom stereocenters. The number of ether oxygens (including phenoxy) is 2. The standard InChI is InChI=1S/C15H20N2O5/c18-14(12-1-3-13(4-2-12)17(19)20)11-16-7-5-15(6-8-16)21-9-10-22-15/h1-4,14,18H,5-11H2. The Balaban J connectivity index is 1.53. The molecule has 120 valence electrons. The Bertz CT molecular complexity index is 517. The van der Waals surface area contributed by atoms with E-state index < -0.39 is 16.8 Å². The first kappa shape index (κ1) is 15.4. The van der Waals surface area contributed by atoms with E-state index in [0.29, 0.717) is 25.3 Å². The molecule has 7 heteroatoms. The third-order valence-corrected chi connectivity index (χ3v) is 4.35. The number of likely N-dealkylation sites (tertiary alicyclic amines) is 1. The van der Waals surface area contributed by atoms with Gasteiger partial charge in [-0.15, -0.1) is 0 Å². The fourth-order valence-corrected chi connectivity index (χ4v) is 3.03. The molecule has 2 saturated heterocycles. The lowest BCUT2D eigenvalue weighted by molar-refractivity contribution is -0.384. The SMILES string of the molecule is O=[N+]([O-])c1ccc(C(O)CN2CCC3(CC2)OCCO3)cc1. The third-order valence-electron chi connectivity index (χ3n) is 4.35. The molecule has 2 fully saturated rings. The van der Waals surface area contributed by atoms with Crippen molar-refractivity contribution >= 4 is 5.69 Å². The predicted octanol–water partition coefficient (Wildman–Crippen LogP) is 1.47. The van der Waals surface area contributed by atoms with Gasteiger partial charge in [0.25, 0.3) is 5.69 Å². The quantitative estimate of drug-likeness (QED) is 0.669. The fraction of sp³-hybridized carbons (Fsp3) is 0.600. The monoisotopic (exact) mass is 308 g/mol. The third kappa shape index (κ3) is 3.27. The van der Waals surface area contributed by atoms with Gasteiger partial charge in [-0.25, -0.2) is 0 Å². The highest BCUT2D eigenvalue weighted by Crippen LogP contribution is 2.32. The number of nitro groups is 1. The maximum atomic E-state index is 10.6. The van der Waals surface area contributed by atoms with Crippen LogP contribution in [0.15, 0.2) is 24.3 Å². The second-order valence-corrected chi connectivity index (χ2v) is 5.77. The van der Waals surface area contributed by atoms with Crippen LogP contribution in [0.25, 0.3) is 0 Å². The Morgan fingerprint density at radius 3 is 2.36 bits per heavy atom. The summed E-state index contributed by atoms with van der Waals surface area (Å²) in [6.45, 7) is 3.44. The van der Waals surface area contributed by atoms with Crippen LogP contribution in [0.3, 0.4) is 0 Å². The van der Waals surface area contributed by atoms with Gasteiger partial charge in [-0.05, 0) is 17.7 Å². The van der Waals surface area contributed by atoms with Crippen LogP contribution in [0.5, 0.6) is 0 Å². The minimum absolute atomic E-state index is 0.0337. The summed E-state index contributed by atoms with van der Waals surface area (Å²) in [5.41, 5.74) is 0.727. The highest BCUT2D eigenvalue weighted by Gasteiger charge is 2.39. The van der Waals surface area contributed by atoms with Gasteiger partial charge in [-0.3, -0.25) is 10.1 Å². The number of β-amino-alcohol motifs (C(OH)–C–C–N with tert-alkyl or cyclic N) is 1. The van der Waals surface area contributed by atoms with Gasteiger partial charge in [0.2, 0.25) is 0 Å². The highest BCUT2D eigenvalue weighted by molar-refractivity contribution is 5.33. The van der Waals surface area contributed by atoms with Crippen LogP contribution in [0.4, 0.5) is 5.69 Å². The molecule has 2 aliphatic heterocycles. The second kappa shape index (κ2) is 6.29.